The highest BCUT2D eigenvalue weighted by Gasteiger charge is 2.18. The second kappa shape index (κ2) is 6.29. The molecule has 0 heterocycles. The van der Waals surface area contributed by atoms with Gasteiger partial charge in [-0.15, -0.1) is 0 Å². The number of ether oxygens (including phenoxy) is 1. The molecule has 0 fully saturated rings. The fraction of sp³-hybridized carbons (Fsp3) is 0.200. The lowest BCUT2D eigenvalue weighted by molar-refractivity contribution is 0.410. The number of benzene rings is 2. The van der Waals surface area contributed by atoms with Crippen molar-refractivity contribution >= 4 is 43.5 Å². The Morgan fingerprint density at radius 2 is 1.89 bits per heavy atom. The van der Waals surface area contributed by atoms with Crippen molar-refractivity contribution in [3.8, 4) is 5.75 Å². The van der Waals surface area contributed by atoms with E-state index in [9.17, 15) is 0 Å². The number of halogens is 3. The number of rotatable bonds is 3. The summed E-state index contributed by atoms with van der Waals surface area (Å²) in [5.74, 6) is 0.851. The van der Waals surface area contributed by atoms with Crippen LogP contribution in [0.15, 0.2) is 40.9 Å². The van der Waals surface area contributed by atoms with E-state index in [0.717, 1.165) is 31.9 Å². The third-order valence-corrected chi connectivity index (χ3v) is 4.94. The maximum absolute atomic E-state index is 6.19. The van der Waals surface area contributed by atoms with Crippen LogP contribution in [0.1, 0.15) is 21.5 Å². The molecule has 2 rings (SSSR count). The van der Waals surface area contributed by atoms with Crippen LogP contribution in [0.25, 0.3) is 0 Å². The van der Waals surface area contributed by atoms with Gasteiger partial charge in [0.15, 0.2) is 0 Å². The normalized spacial score (nSPS) is 12.3. The molecular weight excluding hydrogens is 391 g/mol. The topological polar surface area (TPSA) is 9.23 Å². The molecule has 0 aliphatic rings. The first-order chi connectivity index (χ1) is 9.04. The molecule has 100 valence electrons. The highest BCUT2D eigenvalue weighted by atomic mass is 79.9. The Morgan fingerprint density at radius 1 is 1.16 bits per heavy atom. The molecule has 0 radical (unpaired) electrons. The predicted octanol–water partition coefficient (Wildman–Crippen LogP) is 5.90. The van der Waals surface area contributed by atoms with E-state index in [1.165, 1.54) is 0 Å². The summed E-state index contributed by atoms with van der Waals surface area (Å²) in [4.78, 5) is 0.0404. The Kier molecular flexibility index (Phi) is 4.93. The van der Waals surface area contributed by atoms with Crippen LogP contribution >= 0.6 is 43.5 Å². The SMILES string of the molecule is COc1ccc(Br)cc1C(Br)c1cccc(Cl)c1C. The van der Waals surface area contributed by atoms with Gasteiger partial charge in [0.05, 0.1) is 11.9 Å². The minimum atomic E-state index is 0.0404. The zero-order valence-electron chi connectivity index (χ0n) is 10.6. The minimum absolute atomic E-state index is 0.0404. The van der Waals surface area contributed by atoms with E-state index in [2.05, 4.69) is 44.0 Å². The van der Waals surface area contributed by atoms with Crippen molar-refractivity contribution in [3.63, 3.8) is 0 Å². The molecule has 4 heteroatoms. The molecule has 1 nitrogen and oxygen atoms in total. The number of alkyl halides is 1. The Bertz CT molecular complexity index is 599. The van der Waals surface area contributed by atoms with E-state index in [4.69, 9.17) is 16.3 Å². The van der Waals surface area contributed by atoms with E-state index in [1.54, 1.807) is 7.11 Å². The van der Waals surface area contributed by atoms with Gasteiger partial charge in [0.25, 0.3) is 0 Å². The molecule has 0 amide bonds. The van der Waals surface area contributed by atoms with Crippen molar-refractivity contribution < 1.29 is 4.74 Å². The molecule has 0 bridgehead atoms. The first-order valence-corrected chi connectivity index (χ1v) is 7.85. The van der Waals surface area contributed by atoms with Crippen molar-refractivity contribution in [2.24, 2.45) is 0 Å². The molecule has 1 atom stereocenters. The van der Waals surface area contributed by atoms with Crippen LogP contribution in [0, 0.1) is 6.92 Å². The van der Waals surface area contributed by atoms with Gasteiger partial charge in [0, 0.05) is 15.1 Å². The summed E-state index contributed by atoms with van der Waals surface area (Å²) in [6.45, 7) is 2.02. The highest BCUT2D eigenvalue weighted by Crippen LogP contribution is 2.40. The third-order valence-electron chi connectivity index (χ3n) is 3.05. The minimum Gasteiger partial charge on any atom is -0.496 e. The molecule has 0 spiro atoms. The maximum atomic E-state index is 6.19. The smallest absolute Gasteiger partial charge is 0.123 e. The average Bonchev–Trinajstić information content (AvgIpc) is 2.41. The summed E-state index contributed by atoms with van der Waals surface area (Å²) >= 11 is 13.4. The lowest BCUT2D eigenvalue weighted by Crippen LogP contribution is -1.99. The summed E-state index contributed by atoms with van der Waals surface area (Å²) in [5, 5.41) is 0.774. The van der Waals surface area contributed by atoms with Gasteiger partial charge in [-0.25, -0.2) is 0 Å². The van der Waals surface area contributed by atoms with Gasteiger partial charge in [-0.2, -0.15) is 0 Å². The molecule has 1 unspecified atom stereocenters. The summed E-state index contributed by atoms with van der Waals surface area (Å²) in [6.07, 6.45) is 0. The fourth-order valence-electron chi connectivity index (χ4n) is 1.97. The van der Waals surface area contributed by atoms with Crippen molar-refractivity contribution in [2.75, 3.05) is 7.11 Å². The Hall–Kier alpha value is -0.510. The summed E-state index contributed by atoms with van der Waals surface area (Å²) in [7, 11) is 1.68. The molecule has 19 heavy (non-hydrogen) atoms. The quantitative estimate of drug-likeness (QED) is 0.579. The van der Waals surface area contributed by atoms with Gasteiger partial charge < -0.3 is 4.74 Å². The molecule has 0 aliphatic heterocycles. The van der Waals surface area contributed by atoms with Crippen LogP contribution in [0.4, 0.5) is 0 Å². The molecule has 0 aliphatic carbocycles. The van der Waals surface area contributed by atoms with E-state index in [0.29, 0.717) is 0 Å². The van der Waals surface area contributed by atoms with Crippen LogP contribution in [-0.4, -0.2) is 7.11 Å². The van der Waals surface area contributed by atoms with Crippen molar-refractivity contribution in [3.05, 3.63) is 62.6 Å². The molecule has 0 aromatic heterocycles. The molecule has 0 saturated heterocycles. The van der Waals surface area contributed by atoms with Crippen LogP contribution < -0.4 is 4.74 Å². The Morgan fingerprint density at radius 3 is 2.58 bits per heavy atom. The maximum Gasteiger partial charge on any atom is 0.123 e. The van der Waals surface area contributed by atoms with Crippen molar-refractivity contribution in [2.45, 2.75) is 11.8 Å². The zero-order valence-corrected chi connectivity index (χ0v) is 14.5. The Balaban J connectivity index is 2.52. The molecule has 0 saturated carbocycles. The van der Waals surface area contributed by atoms with Gasteiger partial charge in [0.1, 0.15) is 5.75 Å². The van der Waals surface area contributed by atoms with Crippen LogP contribution in [0.3, 0.4) is 0 Å². The lowest BCUT2D eigenvalue weighted by Gasteiger charge is -2.17. The summed E-state index contributed by atoms with van der Waals surface area (Å²) in [6, 6.07) is 11.9. The van der Waals surface area contributed by atoms with E-state index >= 15 is 0 Å². The molecule has 2 aromatic carbocycles. The van der Waals surface area contributed by atoms with Crippen molar-refractivity contribution in [1.29, 1.82) is 0 Å². The summed E-state index contributed by atoms with van der Waals surface area (Å²) in [5.41, 5.74) is 3.29. The standard InChI is InChI=1S/C15H13Br2ClO/c1-9-11(4-3-5-13(9)18)15(17)12-8-10(16)6-7-14(12)19-2/h3-8,15H,1-2H3. The number of hydrogen-bond acceptors (Lipinski definition) is 1. The largest absolute Gasteiger partial charge is 0.496 e. The Labute approximate surface area is 135 Å². The second-order valence-corrected chi connectivity index (χ2v) is 6.44. The third kappa shape index (κ3) is 3.15. The highest BCUT2D eigenvalue weighted by molar-refractivity contribution is 9.10. The van der Waals surface area contributed by atoms with E-state index in [1.807, 2.05) is 31.2 Å². The van der Waals surface area contributed by atoms with Gasteiger partial charge in [0.2, 0.25) is 0 Å². The van der Waals surface area contributed by atoms with Crippen LogP contribution in [0.5, 0.6) is 5.75 Å². The van der Waals surface area contributed by atoms with Crippen LogP contribution in [0.2, 0.25) is 5.02 Å². The van der Waals surface area contributed by atoms with Crippen LogP contribution in [-0.2, 0) is 0 Å². The van der Waals surface area contributed by atoms with Crippen molar-refractivity contribution in [1.82, 2.24) is 0 Å². The number of hydrogen-bond donors (Lipinski definition) is 0. The first-order valence-electron chi connectivity index (χ1n) is 5.77. The lowest BCUT2D eigenvalue weighted by atomic mass is 10.00. The van der Waals surface area contributed by atoms with E-state index < -0.39 is 0 Å². The zero-order chi connectivity index (χ0) is 14.0. The van der Waals surface area contributed by atoms with Gasteiger partial charge in [-0.05, 0) is 42.3 Å². The fourth-order valence-corrected chi connectivity index (χ4v) is 3.38. The molecule has 0 N–H and O–H groups in total. The predicted molar refractivity (Wildman–Crippen MR) is 87.7 cm³/mol. The number of methoxy groups -OCH3 is 1. The van der Waals surface area contributed by atoms with E-state index in [-0.39, 0.29) is 4.83 Å². The van der Waals surface area contributed by atoms with Gasteiger partial charge in [-0.3, -0.25) is 0 Å². The molecule has 2 aromatic rings. The molecular formula is C15H13Br2ClO. The summed E-state index contributed by atoms with van der Waals surface area (Å²) < 4.78 is 6.45. The first kappa shape index (κ1) is 14.9. The second-order valence-electron chi connectivity index (χ2n) is 4.20. The van der Waals surface area contributed by atoms with Gasteiger partial charge >= 0.3 is 0 Å². The average molecular weight is 405 g/mol. The van der Waals surface area contributed by atoms with Gasteiger partial charge in [-0.1, -0.05) is 55.6 Å². The monoisotopic (exact) mass is 402 g/mol.